The van der Waals surface area contributed by atoms with Crippen LogP contribution in [0.4, 0.5) is 0 Å². The number of nitrogens with zero attached hydrogens (tertiary/aromatic N) is 2. The predicted molar refractivity (Wildman–Crippen MR) is 108 cm³/mol. The number of allylic oxidation sites excluding steroid dienone is 1. The van der Waals surface area contributed by atoms with E-state index in [1.165, 1.54) is 31.3 Å². The van der Waals surface area contributed by atoms with E-state index >= 15 is 0 Å². The van der Waals surface area contributed by atoms with Gasteiger partial charge < -0.3 is 15.1 Å². The fourth-order valence-corrected chi connectivity index (χ4v) is 4.77. The van der Waals surface area contributed by atoms with Gasteiger partial charge in [-0.2, -0.15) is 0 Å². The lowest BCUT2D eigenvalue weighted by Gasteiger charge is -2.37. The molecule has 3 aliphatic rings. The van der Waals surface area contributed by atoms with Crippen LogP contribution in [0.25, 0.3) is 0 Å². The highest BCUT2D eigenvalue weighted by atomic mass is 16.2. The first-order chi connectivity index (χ1) is 13.2. The molecule has 2 fully saturated rings. The summed E-state index contributed by atoms with van der Waals surface area (Å²) < 4.78 is 0. The van der Waals surface area contributed by atoms with Crippen LogP contribution >= 0.6 is 0 Å². The Morgan fingerprint density at radius 2 is 1.74 bits per heavy atom. The standard InChI is InChI=1S/C22H37N3O2/c1-2-24-14-16-25(17-15-24)22(27)20-10-8-19(9-11-20)21(26)23-13-12-18-6-4-3-5-7-18/h6,19-20H,2-5,7-17H2,1H3,(H,23,26). The van der Waals surface area contributed by atoms with E-state index in [-0.39, 0.29) is 17.7 Å². The molecule has 0 radical (unpaired) electrons. The minimum absolute atomic E-state index is 0.103. The third-order valence-electron chi connectivity index (χ3n) is 6.71. The molecule has 2 amide bonds. The number of carbonyl (C=O) groups is 2. The number of likely N-dealkylation sites (N-methyl/N-ethyl adjacent to an activating group) is 1. The first-order valence-corrected chi connectivity index (χ1v) is 11.1. The molecule has 0 aromatic rings. The van der Waals surface area contributed by atoms with Gasteiger partial charge in [-0.05, 0) is 64.3 Å². The van der Waals surface area contributed by atoms with Crippen LogP contribution in [-0.2, 0) is 9.59 Å². The van der Waals surface area contributed by atoms with Gasteiger partial charge in [0, 0.05) is 44.6 Å². The van der Waals surface area contributed by atoms with Gasteiger partial charge in [-0.1, -0.05) is 18.6 Å². The van der Waals surface area contributed by atoms with Crippen LogP contribution in [0, 0.1) is 11.8 Å². The van der Waals surface area contributed by atoms with Gasteiger partial charge in [0.25, 0.3) is 0 Å². The van der Waals surface area contributed by atoms with Gasteiger partial charge in [-0.15, -0.1) is 0 Å². The number of hydrogen-bond acceptors (Lipinski definition) is 3. The van der Waals surface area contributed by atoms with Gasteiger partial charge in [0.05, 0.1) is 0 Å². The van der Waals surface area contributed by atoms with E-state index in [1.807, 2.05) is 0 Å². The molecule has 1 aliphatic heterocycles. The highest BCUT2D eigenvalue weighted by Crippen LogP contribution is 2.30. The summed E-state index contributed by atoms with van der Waals surface area (Å²) in [6.45, 7) is 7.74. The molecule has 2 aliphatic carbocycles. The Balaban J connectivity index is 1.35. The molecule has 152 valence electrons. The molecule has 0 spiro atoms. The van der Waals surface area contributed by atoms with Crippen molar-refractivity contribution in [1.82, 2.24) is 15.1 Å². The zero-order valence-electron chi connectivity index (χ0n) is 17.0. The average molecular weight is 376 g/mol. The first kappa shape index (κ1) is 20.4. The topological polar surface area (TPSA) is 52.7 Å². The van der Waals surface area contributed by atoms with Crippen molar-refractivity contribution < 1.29 is 9.59 Å². The molecule has 3 rings (SSSR count). The quantitative estimate of drug-likeness (QED) is 0.726. The fraction of sp³-hybridized carbons (Fsp3) is 0.818. The number of carbonyl (C=O) groups excluding carboxylic acids is 2. The van der Waals surface area contributed by atoms with Crippen LogP contribution < -0.4 is 5.32 Å². The van der Waals surface area contributed by atoms with E-state index in [4.69, 9.17) is 0 Å². The molecule has 0 bridgehead atoms. The van der Waals surface area contributed by atoms with E-state index in [2.05, 4.69) is 28.1 Å². The summed E-state index contributed by atoms with van der Waals surface area (Å²) in [6.07, 6.45) is 11.8. The van der Waals surface area contributed by atoms with Crippen molar-refractivity contribution in [2.75, 3.05) is 39.3 Å². The Kier molecular flexibility index (Phi) is 7.74. The van der Waals surface area contributed by atoms with Crippen molar-refractivity contribution in [2.24, 2.45) is 11.8 Å². The van der Waals surface area contributed by atoms with Crippen LogP contribution in [0.15, 0.2) is 11.6 Å². The minimum atomic E-state index is 0.103. The normalized spacial score (nSPS) is 27.1. The maximum atomic E-state index is 12.8. The number of hydrogen-bond donors (Lipinski definition) is 1. The van der Waals surface area contributed by atoms with Crippen LogP contribution in [0.3, 0.4) is 0 Å². The second-order valence-electron chi connectivity index (χ2n) is 8.46. The van der Waals surface area contributed by atoms with Crippen LogP contribution in [0.1, 0.15) is 64.7 Å². The van der Waals surface area contributed by atoms with Crippen LogP contribution in [-0.4, -0.2) is 60.9 Å². The summed E-state index contributed by atoms with van der Waals surface area (Å²) in [5.74, 6) is 0.767. The zero-order valence-corrected chi connectivity index (χ0v) is 17.0. The summed E-state index contributed by atoms with van der Waals surface area (Å²) in [7, 11) is 0. The molecule has 1 N–H and O–H groups in total. The van der Waals surface area contributed by atoms with Gasteiger partial charge in [-0.25, -0.2) is 0 Å². The molecule has 5 nitrogen and oxygen atoms in total. The monoisotopic (exact) mass is 375 g/mol. The second kappa shape index (κ2) is 10.3. The fourth-order valence-electron chi connectivity index (χ4n) is 4.77. The minimum Gasteiger partial charge on any atom is -0.356 e. The SMILES string of the molecule is CCN1CCN(C(=O)C2CCC(C(=O)NCCC3=CCCCC3)CC2)CC1. The number of piperazine rings is 1. The Labute approximate surface area is 164 Å². The highest BCUT2D eigenvalue weighted by molar-refractivity contribution is 5.81. The van der Waals surface area contributed by atoms with Crippen LogP contribution in [0.2, 0.25) is 0 Å². The van der Waals surface area contributed by atoms with E-state index in [1.54, 1.807) is 0 Å². The van der Waals surface area contributed by atoms with E-state index in [0.29, 0.717) is 5.91 Å². The van der Waals surface area contributed by atoms with Crippen molar-refractivity contribution in [3.8, 4) is 0 Å². The Morgan fingerprint density at radius 1 is 1.04 bits per heavy atom. The first-order valence-electron chi connectivity index (χ1n) is 11.1. The van der Waals surface area contributed by atoms with Gasteiger partial charge in [0.2, 0.25) is 11.8 Å². The third-order valence-corrected chi connectivity index (χ3v) is 6.71. The van der Waals surface area contributed by atoms with E-state index in [0.717, 1.165) is 71.4 Å². The van der Waals surface area contributed by atoms with Gasteiger partial charge >= 0.3 is 0 Å². The summed E-state index contributed by atoms with van der Waals surface area (Å²) in [5, 5.41) is 3.14. The lowest BCUT2D eigenvalue weighted by molar-refractivity contribution is -0.140. The molecule has 0 unspecified atom stereocenters. The Hall–Kier alpha value is -1.36. The van der Waals surface area contributed by atoms with Crippen molar-refractivity contribution >= 4 is 11.8 Å². The molecule has 5 heteroatoms. The number of amides is 2. The highest BCUT2D eigenvalue weighted by Gasteiger charge is 2.33. The maximum absolute atomic E-state index is 12.8. The molecule has 1 heterocycles. The zero-order chi connectivity index (χ0) is 19.1. The van der Waals surface area contributed by atoms with Gasteiger partial charge in [0.1, 0.15) is 0 Å². The molecule has 0 atom stereocenters. The summed E-state index contributed by atoms with van der Waals surface area (Å²) in [6, 6.07) is 0. The van der Waals surface area contributed by atoms with Crippen molar-refractivity contribution in [3.63, 3.8) is 0 Å². The van der Waals surface area contributed by atoms with Crippen LogP contribution in [0.5, 0.6) is 0 Å². The van der Waals surface area contributed by atoms with Crippen molar-refractivity contribution in [1.29, 1.82) is 0 Å². The number of rotatable bonds is 6. The molecule has 0 aromatic heterocycles. The van der Waals surface area contributed by atoms with Gasteiger partial charge in [0.15, 0.2) is 0 Å². The summed E-state index contributed by atoms with van der Waals surface area (Å²) >= 11 is 0. The van der Waals surface area contributed by atoms with E-state index < -0.39 is 0 Å². The molecule has 27 heavy (non-hydrogen) atoms. The Bertz CT molecular complexity index is 530. The average Bonchev–Trinajstić information content (AvgIpc) is 2.74. The molecule has 1 saturated heterocycles. The second-order valence-corrected chi connectivity index (χ2v) is 8.46. The molecule has 0 aromatic carbocycles. The Morgan fingerprint density at radius 3 is 2.37 bits per heavy atom. The molecular formula is C22H37N3O2. The smallest absolute Gasteiger partial charge is 0.225 e. The number of nitrogens with one attached hydrogen (secondary N) is 1. The van der Waals surface area contributed by atoms with E-state index in [9.17, 15) is 9.59 Å². The predicted octanol–water partition coefficient (Wildman–Crippen LogP) is 2.96. The molecular weight excluding hydrogens is 338 g/mol. The van der Waals surface area contributed by atoms with Crippen molar-refractivity contribution in [2.45, 2.75) is 64.7 Å². The van der Waals surface area contributed by atoms with Gasteiger partial charge in [-0.3, -0.25) is 9.59 Å². The maximum Gasteiger partial charge on any atom is 0.225 e. The molecule has 1 saturated carbocycles. The third kappa shape index (κ3) is 5.81. The lowest BCUT2D eigenvalue weighted by Crippen LogP contribution is -2.50. The largest absolute Gasteiger partial charge is 0.356 e. The summed E-state index contributed by atoms with van der Waals surface area (Å²) in [5.41, 5.74) is 1.51. The summed E-state index contributed by atoms with van der Waals surface area (Å²) in [4.78, 5) is 29.7. The lowest BCUT2D eigenvalue weighted by atomic mass is 9.80. The van der Waals surface area contributed by atoms with Crippen molar-refractivity contribution in [3.05, 3.63) is 11.6 Å².